The van der Waals surface area contributed by atoms with Crippen LogP contribution in [-0.2, 0) is 19.5 Å². The Labute approximate surface area is 195 Å². The number of amides is 1. The summed E-state index contributed by atoms with van der Waals surface area (Å²) in [6.07, 6.45) is 0. The number of benzene rings is 3. The van der Waals surface area contributed by atoms with Gasteiger partial charge in [0.05, 0.1) is 24.2 Å². The second-order valence-corrected chi connectivity index (χ2v) is 9.66. The third-order valence-electron chi connectivity index (χ3n) is 5.44. The molecule has 0 fully saturated rings. The molecule has 3 aromatic carbocycles. The lowest BCUT2D eigenvalue weighted by Gasteiger charge is -2.22. The molecule has 3 rings (SSSR count). The van der Waals surface area contributed by atoms with Crippen LogP contribution < -0.4 is 5.32 Å². The average Bonchev–Trinajstić information content (AvgIpc) is 2.83. The minimum atomic E-state index is -3.81. The number of rotatable bonds is 11. The first-order valence-corrected chi connectivity index (χ1v) is 12.2. The number of fused-ring (bicyclic) bond motifs is 1. The summed E-state index contributed by atoms with van der Waals surface area (Å²) in [5, 5.41) is 5.19. The summed E-state index contributed by atoms with van der Waals surface area (Å²) in [5.41, 5.74) is 1.25. The summed E-state index contributed by atoms with van der Waals surface area (Å²) in [5.74, 6) is -0.340. The van der Waals surface area contributed by atoms with Gasteiger partial charge in [-0.15, -0.1) is 0 Å². The van der Waals surface area contributed by atoms with Crippen LogP contribution in [-0.4, -0.2) is 59.2 Å². The predicted octanol–water partition coefficient (Wildman–Crippen LogP) is 3.61. The van der Waals surface area contributed by atoms with Crippen LogP contribution in [0.5, 0.6) is 0 Å². The van der Waals surface area contributed by atoms with Gasteiger partial charge in [0, 0.05) is 32.9 Å². The molecule has 0 aliphatic carbocycles. The van der Waals surface area contributed by atoms with Crippen LogP contribution in [0, 0.1) is 0 Å². The number of nitrogens with zero attached hydrogens (tertiary/aromatic N) is 1. The fourth-order valence-electron chi connectivity index (χ4n) is 3.53. The molecule has 176 valence electrons. The summed E-state index contributed by atoms with van der Waals surface area (Å²) >= 11 is 0. The Kier molecular flexibility index (Phi) is 8.57. The molecule has 0 spiro atoms. The van der Waals surface area contributed by atoms with Crippen LogP contribution in [0.15, 0.2) is 71.6 Å². The van der Waals surface area contributed by atoms with Crippen molar-refractivity contribution in [2.45, 2.75) is 17.9 Å². The van der Waals surface area contributed by atoms with Gasteiger partial charge in [0.15, 0.2) is 0 Å². The molecule has 0 saturated carbocycles. The van der Waals surface area contributed by atoms with Crippen LogP contribution in [0.1, 0.15) is 28.9 Å². The Bertz CT molecular complexity index is 1190. The zero-order chi connectivity index (χ0) is 23.8. The maximum atomic E-state index is 13.2. The molecule has 1 atom stereocenters. The van der Waals surface area contributed by atoms with Gasteiger partial charge in [0.25, 0.3) is 5.91 Å². The Balaban J connectivity index is 1.78. The van der Waals surface area contributed by atoms with E-state index in [1.807, 2.05) is 49.4 Å². The topological polar surface area (TPSA) is 84.9 Å². The van der Waals surface area contributed by atoms with Gasteiger partial charge in [-0.25, -0.2) is 8.42 Å². The molecule has 33 heavy (non-hydrogen) atoms. The highest BCUT2D eigenvalue weighted by Crippen LogP contribution is 2.22. The second kappa shape index (κ2) is 11.4. The Hall–Kier alpha value is -2.78. The van der Waals surface area contributed by atoms with E-state index in [-0.39, 0.29) is 48.7 Å². The van der Waals surface area contributed by atoms with Gasteiger partial charge >= 0.3 is 0 Å². The molecule has 0 heterocycles. The van der Waals surface area contributed by atoms with Crippen LogP contribution >= 0.6 is 0 Å². The fourth-order valence-corrected chi connectivity index (χ4v) is 4.98. The predicted molar refractivity (Wildman–Crippen MR) is 129 cm³/mol. The number of hydrogen-bond acceptors (Lipinski definition) is 5. The van der Waals surface area contributed by atoms with Gasteiger partial charge < -0.3 is 14.8 Å². The van der Waals surface area contributed by atoms with Gasteiger partial charge in [0.1, 0.15) is 0 Å². The molecule has 0 aromatic heterocycles. The number of ether oxygens (including phenoxy) is 2. The molecule has 1 N–H and O–H groups in total. The van der Waals surface area contributed by atoms with Crippen LogP contribution in [0.25, 0.3) is 10.8 Å². The van der Waals surface area contributed by atoms with E-state index in [9.17, 15) is 13.2 Å². The third kappa shape index (κ3) is 6.17. The Morgan fingerprint density at radius 3 is 2.24 bits per heavy atom. The molecule has 1 amide bonds. The standard InChI is InChI=1S/C25H30N2O5S/c1-19(21-12-11-20-7-4-5-8-22(20)17-21)26-25(28)23-9-6-10-24(18-23)33(29,30)27(13-15-31-2)14-16-32-3/h4-12,17-19H,13-16H2,1-3H3,(H,26,28)/t19-/m1/s1. The van der Waals surface area contributed by atoms with Gasteiger partial charge in [0.2, 0.25) is 10.0 Å². The van der Waals surface area contributed by atoms with Crippen LogP contribution in [0.4, 0.5) is 0 Å². The van der Waals surface area contributed by atoms with E-state index in [1.165, 1.54) is 30.7 Å². The maximum absolute atomic E-state index is 13.2. The van der Waals surface area contributed by atoms with Gasteiger partial charge in [-0.3, -0.25) is 4.79 Å². The van der Waals surface area contributed by atoms with Crippen molar-refractivity contribution >= 4 is 26.7 Å². The van der Waals surface area contributed by atoms with E-state index in [0.29, 0.717) is 0 Å². The lowest BCUT2D eigenvalue weighted by molar-refractivity contribution is 0.0939. The van der Waals surface area contributed by atoms with Crippen molar-refractivity contribution in [1.82, 2.24) is 9.62 Å². The minimum absolute atomic E-state index is 0.0562. The van der Waals surface area contributed by atoms with Crippen molar-refractivity contribution < 1.29 is 22.7 Å². The highest BCUT2D eigenvalue weighted by molar-refractivity contribution is 7.89. The van der Waals surface area contributed by atoms with Crippen molar-refractivity contribution in [2.75, 3.05) is 40.5 Å². The first kappa shape index (κ1) is 24.9. The molecule has 8 heteroatoms. The van der Waals surface area contributed by atoms with Gasteiger partial charge in [-0.05, 0) is 47.5 Å². The number of carbonyl (C=O) groups excluding carboxylic acids is 1. The van der Waals surface area contributed by atoms with Crippen molar-refractivity contribution in [3.8, 4) is 0 Å². The Morgan fingerprint density at radius 1 is 0.909 bits per heavy atom. The lowest BCUT2D eigenvalue weighted by Crippen LogP contribution is -2.36. The molecule has 3 aromatic rings. The zero-order valence-corrected chi connectivity index (χ0v) is 20.0. The van der Waals surface area contributed by atoms with Gasteiger partial charge in [-0.1, -0.05) is 42.5 Å². The van der Waals surface area contributed by atoms with Crippen molar-refractivity contribution in [3.63, 3.8) is 0 Å². The van der Waals surface area contributed by atoms with Gasteiger partial charge in [-0.2, -0.15) is 4.31 Å². The summed E-state index contributed by atoms with van der Waals surface area (Å²) in [6.45, 7) is 2.80. The van der Waals surface area contributed by atoms with E-state index in [0.717, 1.165) is 16.3 Å². The van der Waals surface area contributed by atoms with E-state index in [4.69, 9.17) is 9.47 Å². The fraction of sp³-hybridized carbons (Fsp3) is 0.320. The second-order valence-electron chi connectivity index (χ2n) is 7.72. The van der Waals surface area contributed by atoms with Crippen LogP contribution in [0.2, 0.25) is 0 Å². The van der Waals surface area contributed by atoms with Crippen LogP contribution in [0.3, 0.4) is 0 Å². The number of hydrogen-bond donors (Lipinski definition) is 1. The van der Waals surface area contributed by atoms with E-state index in [1.54, 1.807) is 12.1 Å². The highest BCUT2D eigenvalue weighted by atomic mass is 32.2. The maximum Gasteiger partial charge on any atom is 0.251 e. The van der Waals surface area contributed by atoms with Crippen molar-refractivity contribution in [2.24, 2.45) is 0 Å². The summed E-state index contributed by atoms with van der Waals surface area (Å²) < 4.78 is 37.7. The van der Waals surface area contributed by atoms with E-state index >= 15 is 0 Å². The van der Waals surface area contributed by atoms with Crippen molar-refractivity contribution in [1.29, 1.82) is 0 Å². The zero-order valence-electron chi connectivity index (χ0n) is 19.2. The normalized spacial score (nSPS) is 12.7. The summed E-state index contributed by atoms with van der Waals surface area (Å²) in [6, 6.07) is 19.9. The lowest BCUT2D eigenvalue weighted by atomic mass is 10.0. The monoisotopic (exact) mass is 470 g/mol. The molecule has 0 aliphatic heterocycles. The molecular weight excluding hydrogens is 440 g/mol. The summed E-state index contributed by atoms with van der Waals surface area (Å²) in [4.78, 5) is 13.0. The number of methoxy groups -OCH3 is 2. The molecule has 0 unspecified atom stereocenters. The first-order valence-electron chi connectivity index (χ1n) is 10.7. The number of carbonyl (C=O) groups is 1. The smallest absolute Gasteiger partial charge is 0.251 e. The average molecular weight is 471 g/mol. The molecule has 0 saturated heterocycles. The highest BCUT2D eigenvalue weighted by Gasteiger charge is 2.25. The quantitative estimate of drug-likeness (QED) is 0.463. The molecule has 0 radical (unpaired) electrons. The Morgan fingerprint density at radius 2 is 1.58 bits per heavy atom. The third-order valence-corrected chi connectivity index (χ3v) is 7.34. The molecular formula is C25H30N2O5S. The summed E-state index contributed by atoms with van der Waals surface area (Å²) in [7, 11) is -0.780. The SMILES string of the molecule is COCCN(CCOC)S(=O)(=O)c1cccc(C(=O)N[C@H](C)c2ccc3ccccc3c2)c1. The molecule has 0 bridgehead atoms. The number of sulfonamides is 1. The van der Waals surface area contributed by atoms with Crippen molar-refractivity contribution in [3.05, 3.63) is 77.9 Å². The minimum Gasteiger partial charge on any atom is -0.383 e. The molecule has 0 aliphatic rings. The van der Waals surface area contributed by atoms with E-state index in [2.05, 4.69) is 5.32 Å². The number of nitrogens with one attached hydrogen (secondary N) is 1. The van der Waals surface area contributed by atoms with E-state index < -0.39 is 10.0 Å². The molecule has 7 nitrogen and oxygen atoms in total. The first-order chi connectivity index (χ1) is 15.9. The largest absolute Gasteiger partial charge is 0.383 e.